The van der Waals surface area contributed by atoms with Gasteiger partial charge in [0.25, 0.3) is 0 Å². The molecule has 0 bridgehead atoms. The standard InChI is InChI=1S/C10H18O9/c11-3-1-18-10(6(14)5(3)13)19-8-4(12)2-17-9(16)7(8)15/h3-16H,1-2H2/t3-,4-,5-,6+,7+,8-,9?,10-/m0/s1. The third kappa shape index (κ3) is 3.05. The van der Waals surface area contributed by atoms with E-state index in [1.54, 1.807) is 0 Å². The molecule has 0 amide bonds. The molecule has 112 valence electrons. The maximum Gasteiger partial charge on any atom is 0.186 e. The predicted molar refractivity (Wildman–Crippen MR) is 56.6 cm³/mol. The first-order chi connectivity index (χ1) is 8.91. The fourth-order valence-corrected chi connectivity index (χ4v) is 2.01. The number of aliphatic hydroxyl groups is 6. The molecule has 2 saturated heterocycles. The van der Waals surface area contributed by atoms with Crippen molar-refractivity contribution in [1.29, 1.82) is 0 Å². The van der Waals surface area contributed by atoms with Gasteiger partial charge in [0, 0.05) is 0 Å². The summed E-state index contributed by atoms with van der Waals surface area (Å²) in [5.41, 5.74) is 0. The largest absolute Gasteiger partial charge is 0.388 e. The van der Waals surface area contributed by atoms with Gasteiger partial charge in [0.05, 0.1) is 13.2 Å². The molecule has 0 spiro atoms. The predicted octanol–water partition coefficient (Wildman–Crippen LogP) is -4.12. The first-order valence-corrected chi connectivity index (χ1v) is 5.89. The summed E-state index contributed by atoms with van der Waals surface area (Å²) < 4.78 is 14.8. The van der Waals surface area contributed by atoms with Gasteiger partial charge in [-0.05, 0) is 0 Å². The molecular weight excluding hydrogens is 264 g/mol. The summed E-state index contributed by atoms with van der Waals surface area (Å²) in [5.74, 6) is 0. The molecule has 0 aromatic carbocycles. The summed E-state index contributed by atoms with van der Waals surface area (Å²) in [6.45, 7) is -0.516. The minimum absolute atomic E-state index is 0.253. The van der Waals surface area contributed by atoms with E-state index in [0.29, 0.717) is 0 Å². The Kier molecular flexibility index (Phi) is 4.71. The molecule has 8 atom stereocenters. The summed E-state index contributed by atoms with van der Waals surface area (Å²) in [5, 5.41) is 57.0. The lowest BCUT2D eigenvalue weighted by Crippen LogP contribution is -2.60. The Morgan fingerprint density at radius 3 is 2.05 bits per heavy atom. The van der Waals surface area contributed by atoms with E-state index >= 15 is 0 Å². The molecule has 0 aromatic rings. The highest BCUT2D eigenvalue weighted by Gasteiger charge is 2.45. The van der Waals surface area contributed by atoms with Gasteiger partial charge in [-0.15, -0.1) is 0 Å². The molecule has 6 N–H and O–H groups in total. The zero-order chi connectivity index (χ0) is 14.2. The molecule has 9 heteroatoms. The molecule has 0 aromatic heterocycles. The molecule has 1 unspecified atom stereocenters. The minimum Gasteiger partial charge on any atom is -0.388 e. The highest BCUT2D eigenvalue weighted by Crippen LogP contribution is 2.23. The third-order valence-corrected chi connectivity index (χ3v) is 3.19. The second-order valence-corrected chi connectivity index (χ2v) is 4.63. The maximum absolute atomic E-state index is 9.66. The monoisotopic (exact) mass is 282 g/mol. The van der Waals surface area contributed by atoms with Gasteiger partial charge in [-0.25, -0.2) is 0 Å². The molecular formula is C10H18O9. The highest BCUT2D eigenvalue weighted by molar-refractivity contribution is 4.87. The Hall–Kier alpha value is -0.360. The van der Waals surface area contributed by atoms with Crippen LogP contribution in [0.1, 0.15) is 0 Å². The average Bonchev–Trinajstić information content (AvgIpc) is 2.39. The summed E-state index contributed by atoms with van der Waals surface area (Å²) in [7, 11) is 0. The fourth-order valence-electron chi connectivity index (χ4n) is 2.01. The SMILES string of the molecule is OC1OC[C@H](O)[C@H](O[C@@H]2OC[C@H](O)[C@H](O)[C@H]2O)[C@H]1O. The van der Waals surface area contributed by atoms with Crippen LogP contribution in [0.15, 0.2) is 0 Å². The van der Waals surface area contributed by atoms with E-state index in [-0.39, 0.29) is 13.2 Å². The van der Waals surface area contributed by atoms with Crippen LogP contribution in [0.3, 0.4) is 0 Å². The van der Waals surface area contributed by atoms with Crippen molar-refractivity contribution >= 4 is 0 Å². The Balaban J connectivity index is 1.99. The lowest BCUT2D eigenvalue weighted by molar-refractivity contribution is -0.329. The molecule has 2 aliphatic heterocycles. The van der Waals surface area contributed by atoms with Crippen molar-refractivity contribution in [2.45, 2.75) is 49.2 Å². The van der Waals surface area contributed by atoms with Gasteiger partial charge >= 0.3 is 0 Å². The van der Waals surface area contributed by atoms with Crippen LogP contribution < -0.4 is 0 Å². The molecule has 9 nitrogen and oxygen atoms in total. The number of hydrogen-bond acceptors (Lipinski definition) is 9. The Morgan fingerprint density at radius 1 is 0.737 bits per heavy atom. The van der Waals surface area contributed by atoms with E-state index in [2.05, 4.69) is 4.74 Å². The number of ether oxygens (including phenoxy) is 3. The molecule has 19 heavy (non-hydrogen) atoms. The molecule has 0 aliphatic carbocycles. The van der Waals surface area contributed by atoms with Gasteiger partial charge in [-0.3, -0.25) is 0 Å². The first kappa shape index (κ1) is 15.0. The molecule has 2 heterocycles. The Labute approximate surface area is 108 Å². The normalized spacial score (nSPS) is 52.1. The van der Waals surface area contributed by atoms with Crippen molar-refractivity contribution in [3.63, 3.8) is 0 Å². The van der Waals surface area contributed by atoms with Crippen LogP contribution in [-0.2, 0) is 14.2 Å². The topological polar surface area (TPSA) is 149 Å². The van der Waals surface area contributed by atoms with Gasteiger partial charge < -0.3 is 44.8 Å². The van der Waals surface area contributed by atoms with Crippen LogP contribution in [-0.4, -0.2) is 93.1 Å². The Bertz CT molecular complexity index is 301. The zero-order valence-corrected chi connectivity index (χ0v) is 9.94. The average molecular weight is 282 g/mol. The van der Waals surface area contributed by atoms with Gasteiger partial charge in [-0.1, -0.05) is 0 Å². The van der Waals surface area contributed by atoms with Crippen LogP contribution in [0.2, 0.25) is 0 Å². The van der Waals surface area contributed by atoms with Crippen molar-refractivity contribution in [3.8, 4) is 0 Å². The van der Waals surface area contributed by atoms with Crippen LogP contribution in [0.5, 0.6) is 0 Å². The van der Waals surface area contributed by atoms with Crippen LogP contribution in [0, 0.1) is 0 Å². The van der Waals surface area contributed by atoms with Crippen molar-refractivity contribution in [2.24, 2.45) is 0 Å². The third-order valence-electron chi connectivity index (χ3n) is 3.19. The van der Waals surface area contributed by atoms with Gasteiger partial charge in [-0.2, -0.15) is 0 Å². The van der Waals surface area contributed by atoms with E-state index in [1.165, 1.54) is 0 Å². The Morgan fingerprint density at radius 2 is 1.37 bits per heavy atom. The van der Waals surface area contributed by atoms with Gasteiger partial charge in [0.1, 0.15) is 36.6 Å². The smallest absolute Gasteiger partial charge is 0.186 e. The number of rotatable bonds is 2. The van der Waals surface area contributed by atoms with E-state index in [0.717, 1.165) is 0 Å². The van der Waals surface area contributed by atoms with Crippen molar-refractivity contribution < 1.29 is 44.8 Å². The molecule has 0 radical (unpaired) electrons. The van der Waals surface area contributed by atoms with Crippen molar-refractivity contribution in [2.75, 3.05) is 13.2 Å². The summed E-state index contributed by atoms with van der Waals surface area (Å²) in [4.78, 5) is 0. The summed E-state index contributed by atoms with van der Waals surface area (Å²) >= 11 is 0. The summed E-state index contributed by atoms with van der Waals surface area (Å²) in [6, 6.07) is 0. The molecule has 2 fully saturated rings. The van der Waals surface area contributed by atoms with Crippen LogP contribution in [0.4, 0.5) is 0 Å². The fraction of sp³-hybridized carbons (Fsp3) is 1.00. The molecule has 2 aliphatic rings. The van der Waals surface area contributed by atoms with Crippen LogP contribution >= 0.6 is 0 Å². The van der Waals surface area contributed by atoms with E-state index in [4.69, 9.17) is 9.47 Å². The lowest BCUT2D eigenvalue weighted by atomic mass is 10.0. The quantitative estimate of drug-likeness (QED) is 0.297. The van der Waals surface area contributed by atoms with Gasteiger partial charge in [0.15, 0.2) is 12.6 Å². The van der Waals surface area contributed by atoms with Crippen molar-refractivity contribution in [1.82, 2.24) is 0 Å². The number of aliphatic hydroxyl groups excluding tert-OH is 6. The number of hydrogen-bond donors (Lipinski definition) is 6. The van der Waals surface area contributed by atoms with Crippen molar-refractivity contribution in [3.05, 3.63) is 0 Å². The first-order valence-electron chi connectivity index (χ1n) is 5.89. The maximum atomic E-state index is 9.66. The van der Waals surface area contributed by atoms with Crippen LogP contribution in [0.25, 0.3) is 0 Å². The van der Waals surface area contributed by atoms with Gasteiger partial charge in [0.2, 0.25) is 0 Å². The highest BCUT2D eigenvalue weighted by atomic mass is 16.7. The second-order valence-electron chi connectivity index (χ2n) is 4.63. The molecule has 0 saturated carbocycles. The zero-order valence-electron chi connectivity index (χ0n) is 9.94. The van der Waals surface area contributed by atoms with E-state index in [9.17, 15) is 30.6 Å². The minimum atomic E-state index is -1.54. The second kappa shape index (κ2) is 5.95. The summed E-state index contributed by atoms with van der Waals surface area (Å²) in [6.07, 6.45) is -11.1. The lowest BCUT2D eigenvalue weighted by Gasteiger charge is -2.41. The molecule has 2 rings (SSSR count). The van der Waals surface area contributed by atoms with E-state index < -0.39 is 49.2 Å². The van der Waals surface area contributed by atoms with E-state index in [1.807, 2.05) is 0 Å².